The molecule has 3 aliphatic rings. The van der Waals surface area contributed by atoms with E-state index in [9.17, 15) is 14.4 Å². The highest BCUT2D eigenvalue weighted by Gasteiger charge is 2.25. The van der Waals surface area contributed by atoms with Gasteiger partial charge in [0.1, 0.15) is 0 Å². The monoisotopic (exact) mass is 1060 g/mol. The number of carboxylic acid groups (broad SMARTS) is 3. The van der Waals surface area contributed by atoms with E-state index in [1.807, 2.05) is 0 Å². The van der Waals surface area contributed by atoms with E-state index in [0.717, 1.165) is 72.9 Å². The zero-order valence-corrected chi connectivity index (χ0v) is 50.8. The van der Waals surface area contributed by atoms with Gasteiger partial charge in [-0.25, -0.2) is 0 Å². The molecular formula is C66H131N3O6. The predicted octanol–water partition coefficient (Wildman–Crippen LogP) is 18.6. The van der Waals surface area contributed by atoms with E-state index in [-0.39, 0.29) is 0 Å². The minimum absolute atomic E-state index is 0.665. The van der Waals surface area contributed by atoms with E-state index in [4.69, 9.17) is 32.5 Å². The van der Waals surface area contributed by atoms with E-state index in [2.05, 4.69) is 41.5 Å². The maximum Gasteiger partial charge on any atom is 0.307 e. The quantitative estimate of drug-likeness (QED) is 0.0324. The molecule has 0 unspecified atom stereocenters. The molecule has 0 aromatic carbocycles. The fraction of sp³-hybridized carbons (Fsp3) is 0.955. The highest BCUT2D eigenvalue weighted by atomic mass is 16.4. The van der Waals surface area contributed by atoms with Crippen molar-refractivity contribution in [3.8, 4) is 0 Å². The van der Waals surface area contributed by atoms with Crippen LogP contribution in [0.2, 0.25) is 0 Å². The summed E-state index contributed by atoms with van der Waals surface area (Å²) in [5.74, 6) is 3.67. The van der Waals surface area contributed by atoms with Gasteiger partial charge in [0, 0.05) is 0 Å². The summed E-state index contributed by atoms with van der Waals surface area (Å²) in [5.41, 5.74) is 16.5. The highest BCUT2D eigenvalue weighted by Crippen LogP contribution is 2.37. The lowest BCUT2D eigenvalue weighted by atomic mass is 9.77. The fourth-order valence-corrected chi connectivity index (χ4v) is 12.8. The third-order valence-electron chi connectivity index (χ3n) is 17.2. The topological polar surface area (TPSA) is 190 Å². The number of carboxylic acids is 3. The number of carbonyl (C=O) groups is 3. The van der Waals surface area contributed by atoms with Crippen molar-refractivity contribution >= 4 is 17.9 Å². The lowest BCUT2D eigenvalue weighted by Gasteiger charge is -2.29. The standard InChI is InChI=1S/3C20H41N.C6H8O6/c3*1-18(2)17-20-14-12-19(13-15-20)11-9-7-5-3-4-6-8-10-16-21;7-4(8)1-3(6(11)12)2-5(9)10/h3*18-20H,3-17,21H2,1-2H3;3H,1-2H2,(H,7,8)(H,9,10)(H,11,12). The zero-order valence-electron chi connectivity index (χ0n) is 50.8. The van der Waals surface area contributed by atoms with Crippen LogP contribution in [0.15, 0.2) is 0 Å². The average Bonchev–Trinajstić information content (AvgIpc) is 3.36. The van der Waals surface area contributed by atoms with Crippen LogP contribution in [0.4, 0.5) is 0 Å². The maximum absolute atomic E-state index is 10.2. The first-order valence-electron chi connectivity index (χ1n) is 32.9. The van der Waals surface area contributed by atoms with Gasteiger partial charge >= 0.3 is 17.9 Å². The first-order chi connectivity index (χ1) is 36.1. The van der Waals surface area contributed by atoms with Crippen molar-refractivity contribution in [2.24, 2.45) is 76.4 Å². The van der Waals surface area contributed by atoms with Gasteiger partial charge in [0.2, 0.25) is 0 Å². The number of rotatable bonds is 41. The lowest BCUT2D eigenvalue weighted by molar-refractivity contribution is -0.152. The van der Waals surface area contributed by atoms with Crippen LogP contribution in [0.5, 0.6) is 0 Å². The van der Waals surface area contributed by atoms with Crippen molar-refractivity contribution < 1.29 is 29.7 Å². The lowest BCUT2D eigenvalue weighted by Crippen LogP contribution is -2.20. The van der Waals surface area contributed by atoms with Gasteiger partial charge in [0.15, 0.2) is 0 Å². The van der Waals surface area contributed by atoms with Crippen LogP contribution in [-0.4, -0.2) is 52.9 Å². The fourth-order valence-electron chi connectivity index (χ4n) is 12.8. The maximum atomic E-state index is 10.2. The second-order valence-corrected chi connectivity index (χ2v) is 26.0. The molecule has 0 heterocycles. The second-order valence-electron chi connectivity index (χ2n) is 26.0. The Balaban J connectivity index is 0.000000993. The van der Waals surface area contributed by atoms with Crippen LogP contribution in [-0.2, 0) is 14.4 Å². The molecule has 0 amide bonds. The predicted molar refractivity (Wildman–Crippen MR) is 322 cm³/mol. The van der Waals surface area contributed by atoms with Crippen LogP contribution >= 0.6 is 0 Å². The first-order valence-corrected chi connectivity index (χ1v) is 32.9. The largest absolute Gasteiger partial charge is 0.481 e. The number of unbranched alkanes of at least 4 members (excludes halogenated alkanes) is 21. The minimum Gasteiger partial charge on any atom is -0.481 e. The Morgan fingerprint density at radius 2 is 0.507 bits per heavy atom. The Kier molecular flexibility index (Phi) is 50.5. The Morgan fingerprint density at radius 1 is 0.320 bits per heavy atom. The summed E-state index contributed by atoms with van der Waals surface area (Å²) < 4.78 is 0. The van der Waals surface area contributed by atoms with E-state index >= 15 is 0 Å². The van der Waals surface area contributed by atoms with E-state index < -0.39 is 36.7 Å². The second kappa shape index (κ2) is 51.7. The van der Waals surface area contributed by atoms with Crippen molar-refractivity contribution in [3.63, 3.8) is 0 Å². The van der Waals surface area contributed by atoms with Gasteiger partial charge in [0.05, 0.1) is 18.8 Å². The van der Waals surface area contributed by atoms with Gasteiger partial charge in [-0.2, -0.15) is 0 Å². The molecule has 0 saturated heterocycles. The SMILES string of the molecule is CC(C)CC1CCC(CCCCCCCCCCN)CC1.CC(C)CC1CCC(CCCCCCCCCCN)CC1.CC(C)CC1CCC(CCCCCCCCCCN)CC1.O=C(O)CC(CC(=O)O)C(=O)O. The van der Waals surface area contributed by atoms with Gasteiger partial charge in [-0.15, -0.1) is 0 Å². The summed E-state index contributed by atoms with van der Waals surface area (Å²) >= 11 is 0. The van der Waals surface area contributed by atoms with Gasteiger partial charge in [-0.3, -0.25) is 14.4 Å². The third-order valence-corrected chi connectivity index (χ3v) is 17.2. The molecule has 3 saturated carbocycles. The number of hydrogen-bond donors (Lipinski definition) is 6. The molecular weight excluding hydrogens is 931 g/mol. The van der Waals surface area contributed by atoms with Crippen molar-refractivity contribution in [1.29, 1.82) is 0 Å². The molecule has 0 atom stereocenters. The third kappa shape index (κ3) is 49.1. The summed E-state index contributed by atoms with van der Waals surface area (Å²) in [5, 5.41) is 24.7. The summed E-state index contributed by atoms with van der Waals surface area (Å²) in [4.78, 5) is 30.3. The molecule has 446 valence electrons. The van der Waals surface area contributed by atoms with Crippen molar-refractivity contribution in [3.05, 3.63) is 0 Å². The minimum atomic E-state index is -1.40. The summed E-state index contributed by atoms with van der Waals surface area (Å²) in [6.45, 7) is 16.9. The van der Waals surface area contributed by atoms with Crippen LogP contribution in [0.25, 0.3) is 0 Å². The van der Waals surface area contributed by atoms with Gasteiger partial charge in [0.25, 0.3) is 0 Å². The number of nitrogens with two attached hydrogens (primary N) is 3. The molecule has 0 radical (unpaired) electrons. The van der Waals surface area contributed by atoms with Crippen molar-refractivity contribution in [2.75, 3.05) is 19.6 Å². The van der Waals surface area contributed by atoms with E-state index in [1.54, 1.807) is 0 Å². The molecule has 3 fully saturated rings. The number of hydrogen-bond acceptors (Lipinski definition) is 6. The average molecular weight is 1060 g/mol. The van der Waals surface area contributed by atoms with Gasteiger partial charge in [-0.05, 0) is 111 Å². The molecule has 0 aliphatic heterocycles. The van der Waals surface area contributed by atoms with Crippen molar-refractivity contribution in [1.82, 2.24) is 0 Å². The zero-order chi connectivity index (χ0) is 55.7. The normalized spacial score (nSPS) is 20.8. The Bertz CT molecular complexity index is 1120. The van der Waals surface area contributed by atoms with Gasteiger partial charge < -0.3 is 32.5 Å². The molecule has 0 bridgehead atoms. The first kappa shape index (κ1) is 73.3. The molecule has 9 nitrogen and oxygen atoms in total. The van der Waals surface area contributed by atoms with Crippen LogP contribution in [0.3, 0.4) is 0 Å². The van der Waals surface area contributed by atoms with Gasteiger partial charge in [-0.1, -0.05) is 273 Å². The molecule has 0 aromatic heterocycles. The number of aliphatic carboxylic acids is 3. The Labute approximate surface area is 465 Å². The molecule has 0 spiro atoms. The highest BCUT2D eigenvalue weighted by molar-refractivity contribution is 5.82. The molecule has 9 N–H and O–H groups in total. The molecule has 9 heteroatoms. The van der Waals surface area contributed by atoms with Crippen LogP contribution in [0, 0.1) is 59.2 Å². The van der Waals surface area contributed by atoms with E-state index in [0.29, 0.717) is 0 Å². The Morgan fingerprint density at radius 3 is 0.680 bits per heavy atom. The summed E-state index contributed by atoms with van der Waals surface area (Å²) in [7, 11) is 0. The Hall–Kier alpha value is -1.71. The van der Waals surface area contributed by atoms with E-state index in [1.165, 1.54) is 270 Å². The van der Waals surface area contributed by atoms with Crippen LogP contribution < -0.4 is 17.2 Å². The molecule has 3 aliphatic carbocycles. The molecule has 0 aromatic rings. The molecule has 3 rings (SSSR count). The van der Waals surface area contributed by atoms with Crippen molar-refractivity contribution in [2.45, 2.75) is 324 Å². The summed E-state index contributed by atoms with van der Waals surface area (Å²) in [6.07, 6.45) is 59.7. The molecule has 75 heavy (non-hydrogen) atoms. The van der Waals surface area contributed by atoms with Crippen LogP contribution in [0.1, 0.15) is 324 Å². The smallest absolute Gasteiger partial charge is 0.307 e. The summed E-state index contributed by atoms with van der Waals surface area (Å²) in [6, 6.07) is 0.